The normalized spacial score (nSPS) is 15.8. The third-order valence-corrected chi connectivity index (χ3v) is 5.76. The number of anilines is 1. The monoisotopic (exact) mass is 415 g/mol. The Morgan fingerprint density at radius 1 is 0.781 bits per heavy atom. The van der Waals surface area contributed by atoms with Crippen LogP contribution >= 0.6 is 0 Å². The van der Waals surface area contributed by atoms with Crippen LogP contribution in [0.4, 0.5) is 11.4 Å². The van der Waals surface area contributed by atoms with E-state index in [0.29, 0.717) is 0 Å². The van der Waals surface area contributed by atoms with Crippen LogP contribution in [-0.2, 0) is 0 Å². The molecule has 32 heavy (non-hydrogen) atoms. The first-order valence-electron chi connectivity index (χ1n) is 10.9. The van der Waals surface area contributed by atoms with Crippen molar-refractivity contribution in [2.75, 3.05) is 5.01 Å². The first-order valence-corrected chi connectivity index (χ1v) is 10.9. The van der Waals surface area contributed by atoms with Gasteiger partial charge in [-0.3, -0.25) is 10.0 Å². The second kappa shape index (κ2) is 9.03. The molecule has 0 bridgehead atoms. The molecule has 4 aromatic carbocycles. The van der Waals surface area contributed by atoms with Crippen molar-refractivity contribution in [1.29, 1.82) is 0 Å². The van der Waals surface area contributed by atoms with Gasteiger partial charge in [0.25, 0.3) is 0 Å². The van der Waals surface area contributed by atoms with Gasteiger partial charge in [0.05, 0.1) is 23.1 Å². The fourth-order valence-electron chi connectivity index (χ4n) is 3.98. The van der Waals surface area contributed by atoms with Gasteiger partial charge in [0.2, 0.25) is 0 Å². The molecule has 5 rings (SSSR count). The summed E-state index contributed by atoms with van der Waals surface area (Å²) in [6.45, 7) is 2.08. The van der Waals surface area contributed by atoms with Crippen LogP contribution in [0.15, 0.2) is 119 Å². The lowest BCUT2D eigenvalue weighted by Gasteiger charge is -2.24. The van der Waals surface area contributed by atoms with Gasteiger partial charge in [0, 0.05) is 12.6 Å². The van der Waals surface area contributed by atoms with Gasteiger partial charge in [-0.25, -0.2) is 0 Å². The van der Waals surface area contributed by atoms with Gasteiger partial charge in [0.15, 0.2) is 0 Å². The Bertz CT molecular complexity index is 1230. The molecule has 0 fully saturated rings. The van der Waals surface area contributed by atoms with E-state index in [1.165, 1.54) is 16.7 Å². The topological polar surface area (TPSA) is 28.0 Å². The maximum absolute atomic E-state index is 5.03. The maximum Gasteiger partial charge on any atom is 0.0831 e. The summed E-state index contributed by atoms with van der Waals surface area (Å²) >= 11 is 0. The molecule has 156 valence electrons. The van der Waals surface area contributed by atoms with E-state index in [0.717, 1.165) is 29.1 Å². The molecule has 0 radical (unpaired) electrons. The molecule has 0 saturated heterocycles. The van der Waals surface area contributed by atoms with Crippen molar-refractivity contribution < 1.29 is 0 Å². The minimum atomic E-state index is 0.179. The first-order chi connectivity index (χ1) is 15.8. The fraction of sp³-hybridized carbons (Fsp3) is 0.103. The second-order valence-corrected chi connectivity index (χ2v) is 8.07. The molecule has 4 aromatic rings. The number of rotatable bonds is 5. The predicted molar refractivity (Wildman–Crippen MR) is 134 cm³/mol. The molecule has 1 heterocycles. The first kappa shape index (κ1) is 20.0. The zero-order valence-electron chi connectivity index (χ0n) is 18.1. The highest BCUT2D eigenvalue weighted by molar-refractivity contribution is 6.03. The summed E-state index contributed by atoms with van der Waals surface area (Å²) < 4.78 is 0. The van der Waals surface area contributed by atoms with Crippen molar-refractivity contribution in [3.63, 3.8) is 0 Å². The molecule has 0 N–H and O–H groups in total. The molecular formula is C29H25N3. The lowest BCUT2D eigenvalue weighted by molar-refractivity contribution is 0.709. The van der Waals surface area contributed by atoms with E-state index in [1.807, 2.05) is 24.4 Å². The molecule has 3 heteroatoms. The molecule has 0 aliphatic carbocycles. The summed E-state index contributed by atoms with van der Waals surface area (Å²) in [4.78, 5) is 4.59. The molecule has 0 saturated carbocycles. The molecule has 3 nitrogen and oxygen atoms in total. The third kappa shape index (κ3) is 4.37. The van der Waals surface area contributed by atoms with E-state index in [1.54, 1.807) is 0 Å². The molecule has 0 amide bonds. The Balaban J connectivity index is 1.42. The molecule has 1 aliphatic rings. The van der Waals surface area contributed by atoms with Crippen LogP contribution in [0.5, 0.6) is 0 Å². The van der Waals surface area contributed by atoms with Crippen LogP contribution in [0, 0.1) is 6.92 Å². The molecule has 1 aliphatic heterocycles. The number of benzene rings is 4. The van der Waals surface area contributed by atoms with Gasteiger partial charge in [-0.15, -0.1) is 0 Å². The highest BCUT2D eigenvalue weighted by Gasteiger charge is 2.29. The number of aryl methyl sites for hydroxylation is 1. The predicted octanol–water partition coefficient (Wildman–Crippen LogP) is 7.10. The van der Waals surface area contributed by atoms with E-state index in [4.69, 9.17) is 5.10 Å². The van der Waals surface area contributed by atoms with E-state index in [2.05, 4.69) is 108 Å². The highest BCUT2D eigenvalue weighted by atomic mass is 15.5. The van der Waals surface area contributed by atoms with Gasteiger partial charge in [0.1, 0.15) is 0 Å². The van der Waals surface area contributed by atoms with Crippen molar-refractivity contribution in [2.45, 2.75) is 19.4 Å². The summed E-state index contributed by atoms with van der Waals surface area (Å²) in [6.07, 6.45) is 2.79. The number of hydrogen-bond acceptors (Lipinski definition) is 3. The smallest absolute Gasteiger partial charge is 0.0831 e. The number of hydrazone groups is 1. The summed E-state index contributed by atoms with van der Waals surface area (Å²) in [6, 6.07) is 37.9. The zero-order valence-corrected chi connectivity index (χ0v) is 18.1. The molecule has 1 atom stereocenters. The van der Waals surface area contributed by atoms with Crippen molar-refractivity contribution in [2.24, 2.45) is 10.1 Å². The molecule has 0 unspecified atom stereocenters. The summed E-state index contributed by atoms with van der Waals surface area (Å²) in [5, 5.41) is 7.19. The van der Waals surface area contributed by atoms with E-state index >= 15 is 0 Å². The van der Waals surface area contributed by atoms with Crippen LogP contribution in [0.3, 0.4) is 0 Å². The van der Waals surface area contributed by atoms with Crippen LogP contribution in [0.2, 0.25) is 0 Å². The average Bonchev–Trinajstić information content (AvgIpc) is 3.31. The Labute approximate surface area is 189 Å². The SMILES string of the molecule is Cc1ccc(N=Cc2ccc(N3N=C(c4ccccc4)C[C@H]3c3ccccc3)cc2)cc1. The Hall–Kier alpha value is -3.98. The van der Waals surface area contributed by atoms with Crippen molar-refractivity contribution in [1.82, 2.24) is 0 Å². The van der Waals surface area contributed by atoms with Gasteiger partial charge in [-0.2, -0.15) is 5.10 Å². The van der Waals surface area contributed by atoms with Gasteiger partial charge in [-0.1, -0.05) is 90.5 Å². The Morgan fingerprint density at radius 2 is 1.44 bits per heavy atom. The quantitative estimate of drug-likeness (QED) is 0.319. The number of hydrogen-bond donors (Lipinski definition) is 0. The lowest BCUT2D eigenvalue weighted by atomic mass is 9.98. The zero-order chi connectivity index (χ0) is 21.8. The number of nitrogens with zero attached hydrogens (tertiary/aromatic N) is 3. The van der Waals surface area contributed by atoms with Crippen LogP contribution in [0.1, 0.15) is 34.7 Å². The highest BCUT2D eigenvalue weighted by Crippen LogP contribution is 2.36. The minimum absolute atomic E-state index is 0.179. The summed E-state index contributed by atoms with van der Waals surface area (Å²) in [7, 11) is 0. The van der Waals surface area contributed by atoms with Crippen LogP contribution < -0.4 is 5.01 Å². The fourth-order valence-corrected chi connectivity index (χ4v) is 3.98. The lowest BCUT2D eigenvalue weighted by Crippen LogP contribution is -2.18. The largest absolute Gasteiger partial charge is 0.257 e. The van der Waals surface area contributed by atoms with E-state index in [-0.39, 0.29) is 6.04 Å². The summed E-state index contributed by atoms with van der Waals surface area (Å²) in [5.41, 5.74) is 7.91. The Morgan fingerprint density at radius 3 is 2.12 bits per heavy atom. The standard InChI is InChI=1S/C29H25N3/c1-22-12-16-26(17-13-22)30-21-23-14-18-27(19-15-23)32-29(25-10-6-3-7-11-25)20-28(31-32)24-8-4-2-5-9-24/h2-19,21,29H,20H2,1H3/t29-/m0/s1. The average molecular weight is 416 g/mol. The third-order valence-electron chi connectivity index (χ3n) is 5.76. The Kier molecular flexibility index (Phi) is 5.63. The van der Waals surface area contributed by atoms with E-state index in [9.17, 15) is 0 Å². The van der Waals surface area contributed by atoms with Crippen molar-refractivity contribution >= 4 is 23.3 Å². The second-order valence-electron chi connectivity index (χ2n) is 8.07. The van der Waals surface area contributed by atoms with Crippen LogP contribution in [-0.4, -0.2) is 11.9 Å². The summed E-state index contributed by atoms with van der Waals surface area (Å²) in [5.74, 6) is 0. The maximum atomic E-state index is 5.03. The molecule has 0 spiro atoms. The van der Waals surface area contributed by atoms with Gasteiger partial charge in [-0.05, 0) is 47.9 Å². The van der Waals surface area contributed by atoms with Crippen LogP contribution in [0.25, 0.3) is 0 Å². The van der Waals surface area contributed by atoms with Crippen molar-refractivity contribution in [3.8, 4) is 0 Å². The van der Waals surface area contributed by atoms with Gasteiger partial charge >= 0.3 is 0 Å². The number of aliphatic imine (C=N–C) groups is 1. The van der Waals surface area contributed by atoms with E-state index < -0.39 is 0 Å². The molecular weight excluding hydrogens is 390 g/mol. The van der Waals surface area contributed by atoms with Gasteiger partial charge < -0.3 is 0 Å². The molecule has 0 aromatic heterocycles. The minimum Gasteiger partial charge on any atom is -0.257 e. The van der Waals surface area contributed by atoms with Crippen molar-refractivity contribution in [3.05, 3.63) is 131 Å².